The Morgan fingerprint density at radius 2 is 1.67 bits per heavy atom. The number of nitrogens with zero attached hydrogens (tertiary/aromatic N) is 1. The van der Waals surface area contributed by atoms with Crippen LogP contribution in [-0.2, 0) is 0 Å². The lowest BCUT2D eigenvalue weighted by molar-refractivity contribution is 0.102. The van der Waals surface area contributed by atoms with Gasteiger partial charge in [0, 0.05) is 36.0 Å². The number of hydrogen-bond acceptors (Lipinski definition) is 6. The molecule has 1 amide bonds. The molecule has 192 valence electrons. The molecule has 0 aliphatic carbocycles. The van der Waals surface area contributed by atoms with E-state index in [1.807, 2.05) is 26.0 Å². The molecule has 2 aromatic rings. The Hall–Kier alpha value is -3.62. The number of carbonyl (C=O) groups excluding carboxylic acids is 1. The lowest BCUT2D eigenvalue weighted by Crippen LogP contribution is -2.20. The Bertz CT molecular complexity index is 1110. The molecule has 8 heteroatoms. The number of methoxy groups -OCH3 is 1. The van der Waals surface area contributed by atoms with Gasteiger partial charge in [-0.2, -0.15) is 4.98 Å². The summed E-state index contributed by atoms with van der Waals surface area (Å²) in [6.07, 6.45) is 8.31. The van der Waals surface area contributed by atoms with Gasteiger partial charge < -0.3 is 26.1 Å². The molecule has 36 heavy (non-hydrogen) atoms. The molecule has 0 radical (unpaired) electrons. The van der Waals surface area contributed by atoms with Crippen LogP contribution in [-0.4, -0.2) is 50.4 Å². The maximum atomic E-state index is 14.6. The zero-order valence-electron chi connectivity index (χ0n) is 21.3. The van der Waals surface area contributed by atoms with E-state index >= 15 is 0 Å². The second-order valence-corrected chi connectivity index (χ2v) is 7.67. The van der Waals surface area contributed by atoms with Crippen molar-refractivity contribution < 1.29 is 13.9 Å². The molecule has 1 aromatic carbocycles. The molecular formula is C28H36FN5O2. The first-order valence-corrected chi connectivity index (χ1v) is 12.1. The molecule has 0 fully saturated rings. The Morgan fingerprint density at radius 3 is 2.17 bits per heavy atom. The maximum Gasteiger partial charge on any atom is 0.256 e. The van der Waals surface area contributed by atoms with E-state index in [4.69, 9.17) is 10.1 Å². The monoisotopic (exact) mass is 493 g/mol. The Balaban J connectivity index is 0.000000694. The number of aromatic nitrogens is 1. The number of ether oxygens (including phenoxy) is 1. The number of hydrogen-bond donors (Lipinski definition) is 4. The number of anilines is 1. The third-order valence-electron chi connectivity index (χ3n) is 5.46. The first-order chi connectivity index (χ1) is 17.6. The van der Waals surface area contributed by atoms with E-state index < -0.39 is 11.7 Å². The lowest BCUT2D eigenvalue weighted by Gasteiger charge is -2.17. The summed E-state index contributed by atoms with van der Waals surface area (Å²) >= 11 is 0. The topological polar surface area (TPSA) is 99.1 Å². The number of benzene rings is 1. The molecule has 4 N–H and O–H groups in total. The second kappa shape index (κ2) is 15.4. The Labute approximate surface area is 213 Å². The van der Waals surface area contributed by atoms with Gasteiger partial charge in [-0.05, 0) is 61.3 Å². The molecule has 0 unspecified atom stereocenters. The number of pyridine rings is 1. The number of carbonyl (C=O) groups is 1. The van der Waals surface area contributed by atoms with Crippen molar-refractivity contribution in [2.75, 3.05) is 38.6 Å². The summed E-state index contributed by atoms with van der Waals surface area (Å²) in [6, 6.07) is 8.22. The summed E-state index contributed by atoms with van der Waals surface area (Å²) in [5, 5.41) is 15.4. The van der Waals surface area contributed by atoms with E-state index in [1.165, 1.54) is 17.7 Å². The van der Waals surface area contributed by atoms with Gasteiger partial charge in [0.1, 0.15) is 11.6 Å². The molecule has 0 saturated heterocycles. The van der Waals surface area contributed by atoms with Gasteiger partial charge >= 0.3 is 0 Å². The zero-order chi connectivity index (χ0) is 26.3. The summed E-state index contributed by atoms with van der Waals surface area (Å²) in [5.74, 6) is 0.0127. The largest absolute Gasteiger partial charge is 0.481 e. The fourth-order valence-electron chi connectivity index (χ4n) is 3.75. The molecule has 2 aliphatic heterocycles. The van der Waals surface area contributed by atoms with Crippen molar-refractivity contribution >= 4 is 29.1 Å². The highest BCUT2D eigenvalue weighted by Gasteiger charge is 2.17. The van der Waals surface area contributed by atoms with Crippen molar-refractivity contribution in [3.63, 3.8) is 0 Å². The zero-order valence-corrected chi connectivity index (χ0v) is 21.3. The van der Waals surface area contributed by atoms with Crippen molar-refractivity contribution in [1.82, 2.24) is 15.6 Å². The predicted octanol–water partition coefficient (Wildman–Crippen LogP) is 5.08. The van der Waals surface area contributed by atoms with Crippen molar-refractivity contribution in [2.24, 2.45) is 0 Å². The highest BCUT2D eigenvalue weighted by atomic mass is 19.1. The quantitative estimate of drug-likeness (QED) is 0.421. The Morgan fingerprint density at radius 1 is 1.08 bits per heavy atom. The third-order valence-corrected chi connectivity index (χ3v) is 5.46. The number of nitrogens with one attached hydrogen (secondary N) is 4. The number of halogens is 1. The van der Waals surface area contributed by atoms with Crippen molar-refractivity contribution in [3.8, 4) is 5.88 Å². The fraction of sp³-hybridized carbons (Fsp3) is 0.321. The standard InChI is InChI=1S/C23H25FN4O2.C3H5N.C2H6/c1-30-23-19(16-8-12-26-13-9-16)4-5-21(28-23)27-22(29)17-2-3-18(20(24)14-17)15-6-10-25-11-7-15;1-2-3-4;1-2/h2-6,8,14,25-26H,7,9-13H2,1H3,(H,27,28,29);2-4H,1H2;1-2H3. The van der Waals surface area contributed by atoms with Crippen LogP contribution in [0.2, 0.25) is 0 Å². The molecule has 0 spiro atoms. The van der Waals surface area contributed by atoms with Crippen molar-refractivity contribution in [2.45, 2.75) is 26.7 Å². The van der Waals surface area contributed by atoms with Crippen LogP contribution >= 0.6 is 0 Å². The summed E-state index contributed by atoms with van der Waals surface area (Å²) in [7, 11) is 1.56. The Kier molecular flexibility index (Phi) is 12.2. The maximum absolute atomic E-state index is 14.6. The van der Waals surface area contributed by atoms with Crippen LogP contribution in [0.3, 0.4) is 0 Å². The average molecular weight is 494 g/mol. The van der Waals surface area contributed by atoms with E-state index in [9.17, 15) is 9.18 Å². The normalized spacial score (nSPS) is 14.4. The smallest absolute Gasteiger partial charge is 0.256 e. The first-order valence-electron chi connectivity index (χ1n) is 12.1. The van der Waals surface area contributed by atoms with Crippen LogP contribution in [0.4, 0.5) is 10.2 Å². The van der Waals surface area contributed by atoms with Crippen LogP contribution < -0.4 is 20.7 Å². The number of amides is 1. The van der Waals surface area contributed by atoms with E-state index in [2.05, 4.69) is 33.6 Å². The van der Waals surface area contributed by atoms with Gasteiger partial charge in [0.15, 0.2) is 0 Å². The first kappa shape index (κ1) is 28.6. The minimum Gasteiger partial charge on any atom is -0.481 e. The van der Waals surface area contributed by atoms with Crippen LogP contribution in [0.15, 0.2) is 55.1 Å². The van der Waals surface area contributed by atoms with Gasteiger partial charge in [-0.1, -0.05) is 44.7 Å². The summed E-state index contributed by atoms with van der Waals surface area (Å²) in [5.41, 5.74) is 3.85. The van der Waals surface area contributed by atoms with Crippen LogP contribution in [0.25, 0.3) is 11.1 Å². The highest BCUT2D eigenvalue weighted by molar-refractivity contribution is 6.04. The van der Waals surface area contributed by atoms with Crippen LogP contribution in [0.5, 0.6) is 5.88 Å². The number of allylic oxidation sites excluding steroid dienone is 1. The third kappa shape index (κ3) is 7.96. The summed E-state index contributed by atoms with van der Waals surface area (Å²) in [6.45, 7) is 10.5. The van der Waals surface area contributed by atoms with E-state index in [-0.39, 0.29) is 5.56 Å². The van der Waals surface area contributed by atoms with Gasteiger partial charge in [0.25, 0.3) is 5.91 Å². The minimum atomic E-state index is -0.414. The molecule has 3 heterocycles. The molecule has 0 bridgehead atoms. The summed E-state index contributed by atoms with van der Waals surface area (Å²) < 4.78 is 20.1. The minimum absolute atomic E-state index is 0.247. The SMILES string of the molecule is C=CC=N.CC.COc1nc(NC(=O)c2ccc(C3=CCNCC3)c(F)c2)ccc1C1=CCNCC1. The lowest BCUT2D eigenvalue weighted by atomic mass is 9.98. The molecule has 0 atom stereocenters. The molecule has 1 aromatic heterocycles. The van der Waals surface area contributed by atoms with Gasteiger partial charge in [-0.15, -0.1) is 0 Å². The van der Waals surface area contributed by atoms with Gasteiger partial charge in [-0.25, -0.2) is 4.39 Å². The molecule has 4 rings (SSSR count). The molecule has 2 aliphatic rings. The molecule has 7 nitrogen and oxygen atoms in total. The summed E-state index contributed by atoms with van der Waals surface area (Å²) in [4.78, 5) is 17.1. The van der Waals surface area contributed by atoms with Crippen LogP contribution in [0, 0.1) is 11.2 Å². The molecular weight excluding hydrogens is 457 g/mol. The van der Waals surface area contributed by atoms with Gasteiger partial charge in [-0.3, -0.25) is 4.79 Å². The number of rotatable bonds is 6. The van der Waals surface area contributed by atoms with Gasteiger partial charge in [0.2, 0.25) is 5.88 Å². The predicted molar refractivity (Wildman–Crippen MR) is 146 cm³/mol. The van der Waals surface area contributed by atoms with Gasteiger partial charge in [0.05, 0.1) is 7.11 Å². The van der Waals surface area contributed by atoms with E-state index in [0.717, 1.165) is 56.4 Å². The second-order valence-electron chi connectivity index (χ2n) is 7.67. The molecule has 0 saturated carbocycles. The van der Waals surface area contributed by atoms with Crippen molar-refractivity contribution in [3.05, 3.63) is 77.6 Å². The van der Waals surface area contributed by atoms with E-state index in [1.54, 1.807) is 25.3 Å². The van der Waals surface area contributed by atoms with Crippen molar-refractivity contribution in [1.29, 1.82) is 5.41 Å². The highest BCUT2D eigenvalue weighted by Crippen LogP contribution is 2.29. The van der Waals surface area contributed by atoms with Crippen LogP contribution in [0.1, 0.15) is 48.2 Å². The van der Waals surface area contributed by atoms with E-state index in [0.29, 0.717) is 17.3 Å². The fourth-order valence-corrected chi connectivity index (χ4v) is 3.75. The average Bonchev–Trinajstić information content (AvgIpc) is 2.95.